The van der Waals surface area contributed by atoms with Crippen molar-refractivity contribution in [2.45, 2.75) is 13.5 Å². The van der Waals surface area contributed by atoms with Gasteiger partial charge in [0.1, 0.15) is 23.0 Å². The maximum Gasteiger partial charge on any atom is 0.343 e. The smallest absolute Gasteiger partial charge is 0.343 e. The van der Waals surface area contributed by atoms with Crippen LogP contribution in [-0.2, 0) is 16.1 Å². The minimum absolute atomic E-state index is 0.0634. The zero-order chi connectivity index (χ0) is 22.5. The lowest BCUT2D eigenvalue weighted by Crippen LogP contribution is -2.37. The first-order valence-corrected chi connectivity index (χ1v) is 9.81. The summed E-state index contributed by atoms with van der Waals surface area (Å²) in [7, 11) is 0. The Morgan fingerprint density at radius 2 is 1.68 bits per heavy atom. The second kappa shape index (κ2) is 9.70. The van der Waals surface area contributed by atoms with Crippen LogP contribution in [0.25, 0.3) is 0 Å². The number of carbonyl (C=O) groups excluding carboxylic acids is 3. The maximum absolute atomic E-state index is 13.2. The summed E-state index contributed by atoms with van der Waals surface area (Å²) in [6.45, 7) is 1.13. The van der Waals surface area contributed by atoms with E-state index >= 15 is 0 Å². The van der Waals surface area contributed by atoms with Gasteiger partial charge in [-0.3, -0.25) is 9.59 Å². The second-order valence-electron chi connectivity index (χ2n) is 6.45. The third kappa shape index (κ3) is 5.08. The molecule has 1 heterocycles. The van der Waals surface area contributed by atoms with Crippen LogP contribution in [0.4, 0.5) is 5.69 Å². The number of anilines is 1. The normalized spacial score (nSPS) is 10.5. The molecule has 2 N–H and O–H groups in total. The Bertz CT molecular complexity index is 1150. The van der Waals surface area contributed by atoms with Crippen molar-refractivity contribution in [1.29, 1.82) is 0 Å². The van der Waals surface area contributed by atoms with Gasteiger partial charge in [-0.15, -0.1) is 0 Å². The molecule has 0 radical (unpaired) electrons. The van der Waals surface area contributed by atoms with Gasteiger partial charge < -0.3 is 4.74 Å². The predicted molar refractivity (Wildman–Crippen MR) is 117 cm³/mol. The largest absolute Gasteiger partial charge is 0.457 e. The van der Waals surface area contributed by atoms with Crippen LogP contribution < -0.4 is 10.9 Å². The number of halogens is 2. The van der Waals surface area contributed by atoms with Crippen molar-refractivity contribution in [3.05, 3.63) is 93.2 Å². The molecule has 158 valence electrons. The lowest BCUT2D eigenvalue weighted by atomic mass is 10.0. The topological polar surface area (TPSA) is 103 Å². The Hall–Kier alpha value is -3.26. The van der Waals surface area contributed by atoms with Gasteiger partial charge in [-0.2, -0.15) is 0 Å². The fourth-order valence-electron chi connectivity index (χ4n) is 2.79. The first-order valence-electron chi connectivity index (χ1n) is 9.05. The van der Waals surface area contributed by atoms with Crippen LogP contribution in [0.2, 0.25) is 10.2 Å². The highest BCUT2D eigenvalue weighted by atomic mass is 35.5. The van der Waals surface area contributed by atoms with Gasteiger partial charge in [0, 0.05) is 18.6 Å². The molecule has 7 nitrogen and oxygen atoms in total. The fraction of sp³-hybridized carbons (Fsp3) is 0.0909. The van der Waals surface area contributed by atoms with Gasteiger partial charge >= 0.3 is 5.97 Å². The number of pyridine rings is 1. The van der Waals surface area contributed by atoms with Crippen molar-refractivity contribution < 1.29 is 19.1 Å². The number of carbonyl (C=O) groups is 3. The molecule has 3 aromatic rings. The van der Waals surface area contributed by atoms with Crippen molar-refractivity contribution in [1.82, 2.24) is 4.98 Å². The molecule has 0 aliphatic rings. The number of aromatic nitrogens is 1. The number of hydrogen-bond acceptors (Lipinski definition) is 6. The van der Waals surface area contributed by atoms with E-state index in [1.807, 2.05) is 6.07 Å². The first kappa shape index (κ1) is 22.4. The zero-order valence-corrected chi connectivity index (χ0v) is 17.9. The Balaban J connectivity index is 2.11. The molecule has 0 saturated heterocycles. The molecular weight excluding hydrogens is 441 g/mol. The molecule has 0 unspecified atom stereocenters. The van der Waals surface area contributed by atoms with Crippen LogP contribution in [-0.4, -0.2) is 22.6 Å². The molecule has 3 rings (SSSR count). The van der Waals surface area contributed by atoms with Gasteiger partial charge in [-0.25, -0.2) is 20.6 Å². The molecule has 0 atom stereocenters. The standard InChI is InChI=1S/C22H17Cl2N3O4/c1-13(28)27(25)17-11-18(24)26-20(21(29)15-9-5-6-10-16(15)23)19(17)22(30)31-12-14-7-3-2-4-8-14/h2-11H,12,25H2,1H3. The molecule has 9 heteroatoms. The van der Waals surface area contributed by atoms with Gasteiger partial charge in [0.25, 0.3) is 0 Å². The first-order chi connectivity index (χ1) is 14.8. The van der Waals surface area contributed by atoms with Gasteiger partial charge in [-0.1, -0.05) is 65.7 Å². The highest BCUT2D eigenvalue weighted by Gasteiger charge is 2.29. The quantitative estimate of drug-likeness (QED) is 0.148. The Labute approximate surface area is 188 Å². The number of ketones is 1. The number of hydrazine groups is 1. The second-order valence-corrected chi connectivity index (χ2v) is 7.24. The minimum atomic E-state index is -0.893. The van der Waals surface area contributed by atoms with E-state index < -0.39 is 17.7 Å². The van der Waals surface area contributed by atoms with E-state index in [0.29, 0.717) is 5.01 Å². The molecule has 0 fully saturated rings. The van der Waals surface area contributed by atoms with E-state index in [4.69, 9.17) is 33.8 Å². The number of ether oxygens (including phenoxy) is 1. The third-order valence-corrected chi connectivity index (χ3v) is 4.84. The summed E-state index contributed by atoms with van der Waals surface area (Å²) >= 11 is 12.2. The number of amides is 1. The summed E-state index contributed by atoms with van der Waals surface area (Å²) < 4.78 is 5.38. The number of benzene rings is 2. The molecule has 31 heavy (non-hydrogen) atoms. The summed E-state index contributed by atoms with van der Waals surface area (Å²) in [4.78, 5) is 42.2. The van der Waals surface area contributed by atoms with E-state index in [1.54, 1.807) is 36.4 Å². The molecule has 0 saturated carbocycles. The Morgan fingerprint density at radius 1 is 1.03 bits per heavy atom. The summed E-state index contributed by atoms with van der Waals surface area (Å²) in [5.41, 5.74) is 0.108. The SMILES string of the molecule is CC(=O)N(N)c1cc(Cl)nc(C(=O)c2ccccc2Cl)c1C(=O)OCc1ccccc1. The summed E-state index contributed by atoms with van der Waals surface area (Å²) in [6.07, 6.45) is 0. The summed E-state index contributed by atoms with van der Waals surface area (Å²) in [5.74, 6) is 3.69. The molecule has 0 aliphatic carbocycles. The average molecular weight is 458 g/mol. The lowest BCUT2D eigenvalue weighted by molar-refractivity contribution is -0.116. The Morgan fingerprint density at radius 3 is 2.32 bits per heavy atom. The third-order valence-electron chi connectivity index (χ3n) is 4.32. The molecule has 2 aromatic carbocycles. The van der Waals surface area contributed by atoms with Crippen molar-refractivity contribution in [2.75, 3.05) is 5.01 Å². The van der Waals surface area contributed by atoms with Crippen molar-refractivity contribution in [3.8, 4) is 0 Å². The molecule has 1 amide bonds. The van der Waals surface area contributed by atoms with Crippen LogP contribution in [0, 0.1) is 0 Å². The van der Waals surface area contributed by atoms with E-state index in [1.165, 1.54) is 25.1 Å². The van der Waals surface area contributed by atoms with Crippen LogP contribution in [0.1, 0.15) is 38.9 Å². The monoisotopic (exact) mass is 457 g/mol. The van der Waals surface area contributed by atoms with E-state index in [0.717, 1.165) is 5.56 Å². The van der Waals surface area contributed by atoms with Crippen LogP contribution in [0.5, 0.6) is 0 Å². The van der Waals surface area contributed by atoms with Crippen molar-refractivity contribution >= 4 is 46.5 Å². The van der Waals surface area contributed by atoms with Crippen molar-refractivity contribution in [2.24, 2.45) is 5.84 Å². The molecular formula is C22H17Cl2N3O4. The molecule has 0 bridgehead atoms. The van der Waals surface area contributed by atoms with Crippen LogP contribution in [0.15, 0.2) is 60.7 Å². The minimum Gasteiger partial charge on any atom is -0.457 e. The fourth-order valence-corrected chi connectivity index (χ4v) is 3.20. The maximum atomic E-state index is 13.2. The van der Waals surface area contributed by atoms with E-state index in [-0.39, 0.29) is 39.3 Å². The van der Waals surface area contributed by atoms with Gasteiger partial charge in [0.2, 0.25) is 11.7 Å². The average Bonchev–Trinajstić information content (AvgIpc) is 2.76. The number of nitrogens with two attached hydrogens (primary N) is 1. The van der Waals surface area contributed by atoms with E-state index in [9.17, 15) is 14.4 Å². The van der Waals surface area contributed by atoms with Crippen LogP contribution >= 0.6 is 23.2 Å². The number of rotatable bonds is 6. The molecule has 1 aromatic heterocycles. The van der Waals surface area contributed by atoms with Crippen molar-refractivity contribution in [3.63, 3.8) is 0 Å². The predicted octanol–water partition coefficient (Wildman–Crippen LogP) is 4.20. The molecule has 0 spiro atoms. The number of hydrogen-bond donors (Lipinski definition) is 1. The summed E-state index contributed by atoms with van der Waals surface area (Å²) in [6, 6.07) is 16.5. The lowest BCUT2D eigenvalue weighted by Gasteiger charge is -2.20. The molecule has 0 aliphatic heterocycles. The van der Waals surface area contributed by atoms with Gasteiger partial charge in [0.15, 0.2) is 0 Å². The Kier molecular flexibility index (Phi) is 7.02. The van der Waals surface area contributed by atoms with E-state index in [2.05, 4.69) is 4.98 Å². The highest BCUT2D eigenvalue weighted by molar-refractivity contribution is 6.35. The highest BCUT2D eigenvalue weighted by Crippen LogP contribution is 2.29. The number of nitrogens with zero attached hydrogens (tertiary/aromatic N) is 2. The van der Waals surface area contributed by atoms with Gasteiger partial charge in [-0.05, 0) is 17.7 Å². The number of esters is 1. The zero-order valence-electron chi connectivity index (χ0n) is 16.3. The van der Waals surface area contributed by atoms with Gasteiger partial charge in [0.05, 0.1) is 10.7 Å². The summed E-state index contributed by atoms with van der Waals surface area (Å²) in [5, 5.41) is 0.730. The van der Waals surface area contributed by atoms with Crippen LogP contribution in [0.3, 0.4) is 0 Å².